The maximum Gasteiger partial charge on any atom is 0.417 e. The monoisotopic (exact) mass is 718 g/mol. The van der Waals surface area contributed by atoms with E-state index in [1.165, 1.54) is 0 Å². The van der Waals surface area contributed by atoms with Crippen LogP contribution < -0.4 is 25.4 Å². The number of rotatable bonds is 6. The van der Waals surface area contributed by atoms with Crippen LogP contribution in [0.1, 0.15) is 57.1 Å². The van der Waals surface area contributed by atoms with Gasteiger partial charge in [-0.05, 0) is 64.1 Å². The van der Waals surface area contributed by atoms with Gasteiger partial charge >= 0.3 is 12.2 Å². The molecule has 0 unspecified atom stereocenters. The number of fused-ring (bicyclic) bond motifs is 3. The van der Waals surface area contributed by atoms with Gasteiger partial charge in [-0.25, -0.2) is 13.8 Å². The summed E-state index contributed by atoms with van der Waals surface area (Å²) in [5, 5.41) is 3.61. The number of hydrogen-bond acceptors (Lipinski definition) is 10. The Balaban J connectivity index is 1.31. The fraction of sp³-hybridized carbons (Fsp3) is 0.600. The van der Waals surface area contributed by atoms with Gasteiger partial charge in [0.1, 0.15) is 40.9 Å². The molecule has 7 rings (SSSR count). The number of ether oxygens (including phenoxy) is 2. The molecule has 6 atom stereocenters. The maximum atomic E-state index is 16.9. The number of piperidine rings is 1. The fourth-order valence-electron chi connectivity index (χ4n) is 8.36. The minimum absolute atomic E-state index is 0.0107. The molecule has 0 radical (unpaired) electrons. The number of nitrogens with two attached hydrogens (primary N) is 1. The molecular formula is C35H43F5N8O3. The molecule has 0 aliphatic carbocycles. The average Bonchev–Trinajstić information content (AvgIpc) is 3.46. The largest absolute Gasteiger partial charge is 0.472 e. The molecule has 11 nitrogen and oxygen atoms in total. The van der Waals surface area contributed by atoms with Gasteiger partial charge in [0.2, 0.25) is 11.8 Å². The molecule has 4 aliphatic heterocycles. The molecule has 276 valence electrons. The number of nitrogen functional groups attached to an aromatic ring is 1. The third kappa shape index (κ3) is 6.17. The van der Waals surface area contributed by atoms with Crippen LogP contribution in [0.4, 0.5) is 33.5 Å². The number of halogens is 5. The number of carbonyl (C=O) groups excluding carboxylic acids is 1. The topological polar surface area (TPSA) is 122 Å². The van der Waals surface area contributed by atoms with Crippen molar-refractivity contribution in [3.8, 4) is 23.1 Å². The van der Waals surface area contributed by atoms with Crippen LogP contribution in [0.15, 0.2) is 6.07 Å². The van der Waals surface area contributed by atoms with E-state index in [2.05, 4.69) is 20.2 Å². The molecule has 3 saturated heterocycles. The van der Waals surface area contributed by atoms with Crippen LogP contribution in [0.2, 0.25) is 0 Å². The molecule has 16 heteroatoms. The Labute approximate surface area is 292 Å². The molecular weight excluding hydrogens is 675 g/mol. The van der Waals surface area contributed by atoms with Crippen molar-refractivity contribution in [2.24, 2.45) is 5.92 Å². The summed E-state index contributed by atoms with van der Waals surface area (Å²) in [6, 6.07) is 0.662. The molecule has 0 bridgehead atoms. The van der Waals surface area contributed by atoms with E-state index in [9.17, 15) is 22.4 Å². The Bertz CT molecular complexity index is 1860. The van der Waals surface area contributed by atoms with E-state index in [1.807, 2.05) is 18.7 Å². The molecule has 0 spiro atoms. The maximum absolute atomic E-state index is 16.9. The van der Waals surface area contributed by atoms with Crippen molar-refractivity contribution in [2.45, 2.75) is 89.3 Å². The van der Waals surface area contributed by atoms with Crippen molar-refractivity contribution in [3.63, 3.8) is 0 Å². The van der Waals surface area contributed by atoms with Gasteiger partial charge in [-0.15, -0.1) is 0 Å². The predicted molar refractivity (Wildman–Crippen MR) is 181 cm³/mol. The van der Waals surface area contributed by atoms with Gasteiger partial charge in [0.15, 0.2) is 5.82 Å². The Hall–Kier alpha value is -4.05. The van der Waals surface area contributed by atoms with Crippen molar-refractivity contribution in [3.05, 3.63) is 28.8 Å². The number of benzene rings is 1. The lowest BCUT2D eigenvalue weighted by atomic mass is 9.90. The average molecular weight is 719 g/mol. The summed E-state index contributed by atoms with van der Waals surface area (Å²) in [5.74, 6) is -2.12. The minimum Gasteiger partial charge on any atom is -0.472 e. The Morgan fingerprint density at radius 3 is 2.63 bits per heavy atom. The zero-order valence-electron chi connectivity index (χ0n) is 29.3. The first kappa shape index (κ1) is 35.4. The third-order valence-electron chi connectivity index (χ3n) is 11.1. The smallest absolute Gasteiger partial charge is 0.417 e. The SMILES string of the molecule is CC[C@@H]1CN2c3nc(OC[C@@H]4CC[C@H]5C[C@@H](C(=O)N(C)C)CCN45)nc4c(F)c(-c5cc(N)c(F)c(C)c5C(F)(F)F)nc(c34)O[C@@H](C)[C@@H]2CN1. The molecule has 2 aromatic heterocycles. The summed E-state index contributed by atoms with van der Waals surface area (Å²) in [4.78, 5) is 32.2. The Kier molecular flexibility index (Phi) is 9.13. The van der Waals surface area contributed by atoms with E-state index in [1.54, 1.807) is 19.0 Å². The summed E-state index contributed by atoms with van der Waals surface area (Å²) < 4.78 is 87.5. The highest BCUT2D eigenvalue weighted by molar-refractivity contribution is 5.97. The lowest BCUT2D eigenvalue weighted by Gasteiger charge is -2.42. The van der Waals surface area contributed by atoms with Gasteiger partial charge in [0.05, 0.1) is 17.3 Å². The van der Waals surface area contributed by atoms with Crippen LogP contribution in [-0.4, -0.2) is 101 Å². The van der Waals surface area contributed by atoms with Gasteiger partial charge in [0, 0.05) is 56.8 Å². The number of carbonyl (C=O) groups is 1. The number of piperazine rings is 1. The van der Waals surface area contributed by atoms with E-state index < -0.39 is 52.0 Å². The van der Waals surface area contributed by atoms with Crippen molar-refractivity contribution >= 4 is 28.3 Å². The van der Waals surface area contributed by atoms with Gasteiger partial charge in [-0.3, -0.25) is 9.69 Å². The highest BCUT2D eigenvalue weighted by Gasteiger charge is 2.43. The number of nitrogens with one attached hydrogen (secondary N) is 1. The van der Waals surface area contributed by atoms with Crippen molar-refractivity contribution in [2.75, 3.05) is 51.0 Å². The first-order valence-corrected chi connectivity index (χ1v) is 17.5. The van der Waals surface area contributed by atoms with Crippen molar-refractivity contribution < 1.29 is 36.2 Å². The number of alkyl halides is 3. The number of hydrogen-bond donors (Lipinski definition) is 2. The summed E-state index contributed by atoms with van der Waals surface area (Å²) >= 11 is 0. The zero-order chi connectivity index (χ0) is 36.5. The molecule has 4 aliphatic rings. The van der Waals surface area contributed by atoms with Gasteiger partial charge < -0.3 is 30.3 Å². The first-order valence-electron chi connectivity index (χ1n) is 17.5. The van der Waals surface area contributed by atoms with Gasteiger partial charge in [0.25, 0.3) is 0 Å². The molecule has 1 amide bonds. The van der Waals surface area contributed by atoms with Crippen LogP contribution >= 0.6 is 0 Å². The number of amides is 1. The molecule has 3 N–H and O–H groups in total. The highest BCUT2D eigenvalue weighted by atomic mass is 19.4. The molecule has 1 aromatic carbocycles. The Morgan fingerprint density at radius 2 is 1.92 bits per heavy atom. The van der Waals surface area contributed by atoms with Crippen LogP contribution in [0, 0.1) is 24.5 Å². The van der Waals surface area contributed by atoms with Gasteiger partial charge in [-0.1, -0.05) is 6.92 Å². The summed E-state index contributed by atoms with van der Waals surface area (Å²) in [6.45, 7) is 6.74. The van der Waals surface area contributed by atoms with Gasteiger partial charge in [-0.2, -0.15) is 23.1 Å². The fourth-order valence-corrected chi connectivity index (χ4v) is 8.36. The van der Waals surface area contributed by atoms with Crippen LogP contribution in [0.5, 0.6) is 11.9 Å². The molecule has 6 heterocycles. The normalized spacial score (nSPS) is 26.4. The quantitative estimate of drug-likeness (QED) is 0.268. The van der Waals surface area contributed by atoms with Crippen molar-refractivity contribution in [1.29, 1.82) is 0 Å². The number of nitrogens with zero attached hydrogens (tertiary/aromatic N) is 6. The highest BCUT2D eigenvalue weighted by Crippen LogP contribution is 2.46. The van der Waals surface area contributed by atoms with E-state index in [0.29, 0.717) is 18.9 Å². The summed E-state index contributed by atoms with van der Waals surface area (Å²) in [6.07, 6.45) is -1.56. The first-order chi connectivity index (χ1) is 24.2. The zero-order valence-corrected chi connectivity index (χ0v) is 29.3. The van der Waals surface area contributed by atoms with Crippen LogP contribution in [-0.2, 0) is 11.0 Å². The third-order valence-corrected chi connectivity index (χ3v) is 11.1. The lowest BCUT2D eigenvalue weighted by Crippen LogP contribution is -2.60. The van der Waals surface area contributed by atoms with E-state index in [-0.39, 0.29) is 65.4 Å². The van der Waals surface area contributed by atoms with E-state index >= 15 is 4.39 Å². The Morgan fingerprint density at radius 1 is 1.16 bits per heavy atom. The number of aromatic nitrogens is 3. The van der Waals surface area contributed by atoms with Crippen molar-refractivity contribution in [1.82, 2.24) is 30.1 Å². The lowest BCUT2D eigenvalue weighted by molar-refractivity contribution is -0.137. The summed E-state index contributed by atoms with van der Waals surface area (Å²) in [7, 11) is 3.54. The molecule has 0 saturated carbocycles. The molecule has 3 fully saturated rings. The number of anilines is 2. The second-order valence-corrected chi connectivity index (χ2v) is 14.4. The van der Waals surface area contributed by atoms with Crippen LogP contribution in [0.25, 0.3) is 22.2 Å². The summed E-state index contributed by atoms with van der Waals surface area (Å²) in [5.41, 5.74) is 1.28. The molecule has 3 aromatic rings. The minimum atomic E-state index is -5.06. The number of pyridine rings is 1. The van der Waals surface area contributed by atoms with Crippen LogP contribution in [0.3, 0.4) is 0 Å². The van der Waals surface area contributed by atoms with E-state index in [4.69, 9.17) is 20.2 Å². The van der Waals surface area contributed by atoms with E-state index in [0.717, 1.165) is 51.6 Å². The predicted octanol–water partition coefficient (Wildman–Crippen LogP) is 4.93. The standard InChI is InChI=1S/C35H43F5N8O3/c1-6-19-14-48-24(13-42-19)17(3)51-32-25-30(28(37)29(43-32)22-12-23(41)27(36)16(2)26(22)35(38,39)40)44-34(45-31(25)48)50-15-21-8-7-20-11-18(9-10-47(20)21)33(49)46(4)5/h12,17-21,24,42H,6-11,13-15,41H2,1-5H3/t17-,18-,19+,20-,21-,24-/m0/s1. The second-order valence-electron chi connectivity index (χ2n) is 14.4. The molecule has 51 heavy (non-hydrogen) atoms. The second kappa shape index (κ2) is 13.2.